The van der Waals surface area contributed by atoms with Crippen molar-refractivity contribution in [3.63, 3.8) is 0 Å². The Morgan fingerprint density at radius 2 is 1.62 bits per heavy atom. The first-order valence-electron chi connectivity index (χ1n) is 12.2. The first-order valence-corrected chi connectivity index (χ1v) is 12.2. The van der Waals surface area contributed by atoms with Crippen LogP contribution in [0.2, 0.25) is 0 Å². The first kappa shape index (κ1) is 24.4. The second-order valence-corrected chi connectivity index (χ2v) is 9.44. The molecule has 184 valence electrons. The van der Waals surface area contributed by atoms with Gasteiger partial charge in [0.15, 0.2) is 11.5 Å². The molecule has 0 bridgehead atoms. The molecule has 2 aliphatic rings. The zero-order valence-electron chi connectivity index (χ0n) is 20.7. The lowest BCUT2D eigenvalue weighted by molar-refractivity contribution is -0.150. The van der Waals surface area contributed by atoms with Crippen LogP contribution in [0, 0.1) is 24.7 Å². The summed E-state index contributed by atoms with van der Waals surface area (Å²) in [5.74, 6) is 1.94. The smallest absolute Gasteiger partial charge is 0.308 e. The highest BCUT2D eigenvalue weighted by Crippen LogP contribution is 2.46. The van der Waals surface area contributed by atoms with Gasteiger partial charge in [-0.05, 0) is 55.4 Å². The molecule has 0 N–H and O–H groups in total. The molecule has 6 heteroatoms. The third kappa shape index (κ3) is 5.33. The molecule has 1 saturated carbocycles. The van der Waals surface area contributed by atoms with Crippen LogP contribution in [0.15, 0.2) is 36.4 Å². The van der Waals surface area contributed by atoms with Gasteiger partial charge in [0, 0.05) is 5.92 Å². The second kappa shape index (κ2) is 11.1. The molecule has 1 saturated heterocycles. The van der Waals surface area contributed by atoms with Crippen LogP contribution in [-0.2, 0) is 20.7 Å². The predicted octanol–water partition coefficient (Wildman–Crippen LogP) is 5.30. The highest BCUT2D eigenvalue weighted by molar-refractivity contribution is 5.72. The number of methoxy groups -OCH3 is 3. The van der Waals surface area contributed by atoms with Crippen LogP contribution in [0.5, 0.6) is 17.2 Å². The number of hydrogen-bond donors (Lipinski definition) is 0. The molecule has 0 amide bonds. The van der Waals surface area contributed by atoms with E-state index in [-0.39, 0.29) is 29.8 Å². The molecule has 3 atom stereocenters. The minimum atomic E-state index is -0.236. The number of carbonyl (C=O) groups excluding carboxylic acids is 1. The summed E-state index contributed by atoms with van der Waals surface area (Å²) in [5.41, 5.74) is 3.43. The van der Waals surface area contributed by atoms with Gasteiger partial charge in [-0.3, -0.25) is 4.79 Å². The van der Waals surface area contributed by atoms with Crippen molar-refractivity contribution in [1.82, 2.24) is 0 Å². The largest absolute Gasteiger partial charge is 0.493 e. The van der Waals surface area contributed by atoms with Crippen molar-refractivity contribution in [3.05, 3.63) is 53.1 Å². The van der Waals surface area contributed by atoms with E-state index in [1.165, 1.54) is 11.1 Å². The van der Waals surface area contributed by atoms with E-state index in [1.807, 2.05) is 12.1 Å². The van der Waals surface area contributed by atoms with Crippen molar-refractivity contribution in [1.29, 1.82) is 0 Å². The molecule has 2 fully saturated rings. The molecule has 1 heterocycles. The van der Waals surface area contributed by atoms with Gasteiger partial charge in [0.05, 0.1) is 46.6 Å². The summed E-state index contributed by atoms with van der Waals surface area (Å²) in [7, 11) is 4.81. The Labute approximate surface area is 202 Å². The van der Waals surface area contributed by atoms with Gasteiger partial charge < -0.3 is 23.7 Å². The average Bonchev–Trinajstić information content (AvgIpc) is 3.53. The van der Waals surface area contributed by atoms with Crippen molar-refractivity contribution in [2.75, 3.05) is 34.5 Å². The van der Waals surface area contributed by atoms with Crippen molar-refractivity contribution < 1.29 is 28.5 Å². The van der Waals surface area contributed by atoms with Crippen LogP contribution in [0.25, 0.3) is 0 Å². The molecular weight excluding hydrogens is 432 g/mol. The minimum absolute atomic E-state index is 0.0227. The van der Waals surface area contributed by atoms with Gasteiger partial charge in [0.25, 0.3) is 0 Å². The Bertz CT molecular complexity index is 938. The number of benzene rings is 2. The lowest BCUT2D eigenvalue weighted by Gasteiger charge is -2.25. The summed E-state index contributed by atoms with van der Waals surface area (Å²) < 4.78 is 28.9. The zero-order chi connectivity index (χ0) is 24.1. The van der Waals surface area contributed by atoms with Crippen LogP contribution < -0.4 is 14.2 Å². The van der Waals surface area contributed by atoms with E-state index in [0.29, 0.717) is 30.5 Å². The summed E-state index contributed by atoms with van der Waals surface area (Å²) in [5, 5.41) is 0. The van der Waals surface area contributed by atoms with Crippen LogP contribution in [0.1, 0.15) is 48.5 Å². The van der Waals surface area contributed by atoms with Gasteiger partial charge in [0.2, 0.25) is 5.75 Å². The molecule has 0 radical (unpaired) electrons. The summed E-state index contributed by atoms with van der Waals surface area (Å²) in [6.07, 6.45) is 4.71. The standard InChI is InChI=1S/C28H36O6/c1-18-9-11-19(12-10-18)13-22-16-33-26(23(22)17-34-28(29)20-7-5-6-8-20)21-14-24(30-2)27(32-4)25(15-21)31-3/h9-12,14-15,20,22-23,26H,5-8,13,16-17H2,1-4H3/t22-,23-,26?/m0/s1. The van der Waals surface area contributed by atoms with E-state index in [2.05, 4.69) is 31.2 Å². The maximum atomic E-state index is 12.7. The number of rotatable bonds is 9. The molecule has 1 aliphatic carbocycles. The Kier molecular flexibility index (Phi) is 7.99. The van der Waals surface area contributed by atoms with E-state index in [4.69, 9.17) is 23.7 Å². The molecule has 4 rings (SSSR count). The van der Waals surface area contributed by atoms with Gasteiger partial charge in [-0.15, -0.1) is 0 Å². The lowest BCUT2D eigenvalue weighted by atomic mass is 9.84. The van der Waals surface area contributed by atoms with Gasteiger partial charge in [-0.25, -0.2) is 0 Å². The monoisotopic (exact) mass is 468 g/mol. The third-order valence-corrected chi connectivity index (χ3v) is 7.22. The summed E-state index contributed by atoms with van der Waals surface area (Å²) >= 11 is 0. The van der Waals surface area contributed by atoms with E-state index < -0.39 is 0 Å². The highest BCUT2D eigenvalue weighted by Gasteiger charge is 2.40. The van der Waals surface area contributed by atoms with Crippen LogP contribution in [0.4, 0.5) is 0 Å². The number of aryl methyl sites for hydroxylation is 1. The molecule has 34 heavy (non-hydrogen) atoms. The average molecular weight is 469 g/mol. The van der Waals surface area contributed by atoms with E-state index in [1.54, 1.807) is 21.3 Å². The Morgan fingerprint density at radius 3 is 2.21 bits per heavy atom. The fourth-order valence-electron chi connectivity index (χ4n) is 5.25. The number of hydrogen-bond acceptors (Lipinski definition) is 6. The van der Waals surface area contributed by atoms with Crippen LogP contribution in [-0.4, -0.2) is 40.5 Å². The summed E-state index contributed by atoms with van der Waals surface area (Å²) in [4.78, 5) is 12.7. The molecular formula is C28H36O6. The summed E-state index contributed by atoms with van der Waals surface area (Å²) in [6.45, 7) is 3.03. The van der Waals surface area contributed by atoms with E-state index in [0.717, 1.165) is 37.7 Å². The van der Waals surface area contributed by atoms with Gasteiger partial charge in [0.1, 0.15) is 0 Å². The topological polar surface area (TPSA) is 63.2 Å². The molecule has 2 aromatic carbocycles. The number of ether oxygens (including phenoxy) is 5. The Balaban J connectivity index is 1.59. The fourth-order valence-corrected chi connectivity index (χ4v) is 5.25. The second-order valence-electron chi connectivity index (χ2n) is 9.44. The number of esters is 1. The zero-order valence-corrected chi connectivity index (χ0v) is 20.7. The number of carbonyl (C=O) groups is 1. The maximum Gasteiger partial charge on any atom is 0.308 e. The molecule has 1 aliphatic heterocycles. The molecule has 2 aromatic rings. The predicted molar refractivity (Wildman–Crippen MR) is 130 cm³/mol. The normalized spacial score (nSPS) is 22.5. The Hall–Kier alpha value is -2.73. The Morgan fingerprint density at radius 1 is 0.971 bits per heavy atom. The highest BCUT2D eigenvalue weighted by atomic mass is 16.5. The van der Waals surface area contributed by atoms with Crippen molar-refractivity contribution in [2.24, 2.45) is 17.8 Å². The van der Waals surface area contributed by atoms with E-state index in [9.17, 15) is 4.79 Å². The van der Waals surface area contributed by atoms with Gasteiger partial charge in [-0.2, -0.15) is 0 Å². The van der Waals surface area contributed by atoms with Crippen molar-refractivity contribution >= 4 is 5.97 Å². The first-order chi connectivity index (χ1) is 16.5. The molecule has 6 nitrogen and oxygen atoms in total. The summed E-state index contributed by atoms with van der Waals surface area (Å²) in [6, 6.07) is 12.5. The molecule has 0 aromatic heterocycles. The van der Waals surface area contributed by atoms with Crippen LogP contribution in [0.3, 0.4) is 0 Å². The van der Waals surface area contributed by atoms with Gasteiger partial charge >= 0.3 is 5.97 Å². The lowest BCUT2D eigenvalue weighted by Crippen LogP contribution is -2.26. The third-order valence-electron chi connectivity index (χ3n) is 7.22. The van der Waals surface area contributed by atoms with E-state index >= 15 is 0 Å². The molecule has 0 spiro atoms. The fraction of sp³-hybridized carbons (Fsp3) is 0.536. The van der Waals surface area contributed by atoms with Gasteiger partial charge in [-0.1, -0.05) is 42.7 Å². The van der Waals surface area contributed by atoms with Crippen molar-refractivity contribution in [3.8, 4) is 17.2 Å². The minimum Gasteiger partial charge on any atom is -0.493 e. The maximum absolute atomic E-state index is 12.7. The quantitative estimate of drug-likeness (QED) is 0.466. The van der Waals surface area contributed by atoms with Crippen molar-refractivity contribution in [2.45, 2.75) is 45.1 Å². The van der Waals surface area contributed by atoms with Crippen LogP contribution >= 0.6 is 0 Å². The SMILES string of the molecule is COc1cc(C2OC[C@H](Cc3ccc(C)cc3)[C@@H]2COC(=O)C2CCCC2)cc(OC)c1OC. The molecule has 1 unspecified atom stereocenters.